The van der Waals surface area contributed by atoms with Crippen LogP contribution in [0.3, 0.4) is 0 Å². The summed E-state index contributed by atoms with van der Waals surface area (Å²) in [4.78, 5) is 0. The largest absolute Gasteiger partial charge is 0.0853 e. The topological polar surface area (TPSA) is 0 Å². The molecule has 0 N–H and O–H groups in total. The Bertz CT molecular complexity index is 453. The van der Waals surface area contributed by atoms with Crippen molar-refractivity contribution < 1.29 is 0 Å². The van der Waals surface area contributed by atoms with Crippen molar-refractivity contribution in [3.05, 3.63) is 23.3 Å². The predicted molar refractivity (Wildman–Crippen MR) is 87.6 cm³/mol. The maximum Gasteiger partial charge on any atom is -0.0106 e. The smallest absolute Gasteiger partial charge is 0.0106 e. The van der Waals surface area contributed by atoms with Gasteiger partial charge < -0.3 is 0 Å². The van der Waals surface area contributed by atoms with E-state index in [9.17, 15) is 0 Å². The van der Waals surface area contributed by atoms with Gasteiger partial charge in [0.2, 0.25) is 0 Å². The number of fused-ring (bicyclic) bond motifs is 1. The summed E-state index contributed by atoms with van der Waals surface area (Å²) >= 11 is 0. The van der Waals surface area contributed by atoms with Crippen LogP contribution in [0.5, 0.6) is 0 Å². The molecule has 0 heterocycles. The zero-order valence-electron chi connectivity index (χ0n) is 14.1. The first-order valence-electron chi connectivity index (χ1n) is 8.75. The summed E-state index contributed by atoms with van der Waals surface area (Å²) in [5, 5.41) is 0. The standard InChI is InChI=1S/C20H32/c1-14(2)17-10-11-19(5)18-13-16(4)8-6-7-15(3)9-12-20(17,18)19/h7,13-14,17-18H,6,8-12H2,1-5H3/b15-7-,16-13-. The first kappa shape index (κ1) is 14.4. The molecule has 2 fully saturated rings. The van der Waals surface area contributed by atoms with E-state index in [1.54, 1.807) is 11.1 Å². The lowest BCUT2D eigenvalue weighted by atomic mass is 9.75. The highest BCUT2D eigenvalue weighted by Crippen LogP contribution is 2.83. The van der Waals surface area contributed by atoms with Crippen LogP contribution in [0.1, 0.15) is 73.1 Å². The molecule has 0 aromatic rings. The minimum atomic E-state index is 0.619. The average Bonchev–Trinajstić information content (AvgIpc) is 2.72. The SMILES string of the molecule is C/C1=C/C2C3(C)CCC(C(C)C)C23CC/C(C)=C\CC1. The Morgan fingerprint density at radius 1 is 1.10 bits per heavy atom. The molecule has 3 rings (SSSR count). The van der Waals surface area contributed by atoms with Gasteiger partial charge in [0.05, 0.1) is 0 Å². The molecule has 4 unspecified atom stereocenters. The molecule has 4 atom stereocenters. The van der Waals surface area contributed by atoms with E-state index < -0.39 is 0 Å². The number of hydrogen-bond donors (Lipinski definition) is 0. The molecule has 112 valence electrons. The van der Waals surface area contributed by atoms with Crippen LogP contribution < -0.4 is 0 Å². The lowest BCUT2D eigenvalue weighted by Gasteiger charge is -2.29. The van der Waals surface area contributed by atoms with E-state index >= 15 is 0 Å². The number of hydrogen-bond acceptors (Lipinski definition) is 0. The van der Waals surface area contributed by atoms with Crippen molar-refractivity contribution in [1.29, 1.82) is 0 Å². The fourth-order valence-corrected chi connectivity index (χ4v) is 5.89. The Balaban J connectivity index is 1.97. The Kier molecular flexibility index (Phi) is 3.42. The van der Waals surface area contributed by atoms with Gasteiger partial charge in [0.15, 0.2) is 0 Å². The molecule has 0 amide bonds. The molecule has 0 heteroatoms. The summed E-state index contributed by atoms with van der Waals surface area (Å²) < 4.78 is 0. The van der Waals surface area contributed by atoms with Gasteiger partial charge in [-0.15, -0.1) is 0 Å². The molecule has 1 spiro atoms. The molecule has 3 aliphatic rings. The maximum absolute atomic E-state index is 2.68. The lowest BCUT2D eigenvalue weighted by molar-refractivity contribution is 0.210. The number of rotatable bonds is 1. The van der Waals surface area contributed by atoms with Gasteiger partial charge in [0, 0.05) is 0 Å². The van der Waals surface area contributed by atoms with E-state index in [1.807, 2.05) is 0 Å². The Morgan fingerprint density at radius 2 is 1.85 bits per heavy atom. The highest BCUT2D eigenvalue weighted by Gasteiger charge is 2.77. The second-order valence-corrected chi connectivity index (χ2v) is 8.43. The quantitative estimate of drug-likeness (QED) is 0.503. The van der Waals surface area contributed by atoms with E-state index in [0.29, 0.717) is 10.8 Å². The summed E-state index contributed by atoms with van der Waals surface area (Å²) in [6, 6.07) is 0. The van der Waals surface area contributed by atoms with Gasteiger partial charge in [-0.1, -0.05) is 44.1 Å². The highest BCUT2D eigenvalue weighted by molar-refractivity contribution is 5.32. The molecule has 0 bridgehead atoms. The number of allylic oxidation sites excluding steroid dienone is 4. The van der Waals surface area contributed by atoms with Crippen molar-refractivity contribution in [3.8, 4) is 0 Å². The van der Waals surface area contributed by atoms with Crippen LogP contribution in [-0.4, -0.2) is 0 Å². The molecule has 2 saturated carbocycles. The van der Waals surface area contributed by atoms with E-state index in [1.165, 1.54) is 38.5 Å². The first-order valence-corrected chi connectivity index (χ1v) is 8.75. The third-order valence-corrected chi connectivity index (χ3v) is 7.08. The van der Waals surface area contributed by atoms with Crippen LogP contribution in [0, 0.1) is 28.6 Å². The lowest BCUT2D eigenvalue weighted by Crippen LogP contribution is -2.22. The van der Waals surface area contributed by atoms with Gasteiger partial charge in [-0.25, -0.2) is 0 Å². The molecule has 0 aliphatic heterocycles. The fourth-order valence-electron chi connectivity index (χ4n) is 5.89. The van der Waals surface area contributed by atoms with Crippen LogP contribution in [0.15, 0.2) is 23.3 Å². The van der Waals surface area contributed by atoms with Crippen LogP contribution in [0.2, 0.25) is 0 Å². The second-order valence-electron chi connectivity index (χ2n) is 8.43. The van der Waals surface area contributed by atoms with Gasteiger partial charge in [0.1, 0.15) is 0 Å². The second kappa shape index (κ2) is 4.75. The van der Waals surface area contributed by atoms with Gasteiger partial charge in [-0.3, -0.25) is 0 Å². The maximum atomic E-state index is 2.68. The zero-order valence-corrected chi connectivity index (χ0v) is 14.1. The van der Waals surface area contributed by atoms with Crippen molar-refractivity contribution in [2.75, 3.05) is 0 Å². The van der Waals surface area contributed by atoms with Crippen molar-refractivity contribution in [1.82, 2.24) is 0 Å². The highest BCUT2D eigenvalue weighted by atomic mass is 14.8. The van der Waals surface area contributed by atoms with Gasteiger partial charge in [-0.05, 0) is 81.0 Å². The molecule has 0 saturated heterocycles. The third-order valence-electron chi connectivity index (χ3n) is 7.08. The fraction of sp³-hybridized carbons (Fsp3) is 0.800. The normalized spacial score (nSPS) is 49.7. The van der Waals surface area contributed by atoms with Crippen LogP contribution in [0.25, 0.3) is 0 Å². The molecule has 0 aromatic carbocycles. The summed E-state index contributed by atoms with van der Waals surface area (Å²) in [6.45, 7) is 12.2. The van der Waals surface area contributed by atoms with Crippen LogP contribution >= 0.6 is 0 Å². The Labute approximate surface area is 125 Å². The predicted octanol–water partition coefficient (Wildman–Crippen LogP) is 6.14. The molecule has 0 aromatic heterocycles. The van der Waals surface area contributed by atoms with Crippen molar-refractivity contribution in [2.24, 2.45) is 28.6 Å². The van der Waals surface area contributed by atoms with Crippen LogP contribution in [-0.2, 0) is 0 Å². The van der Waals surface area contributed by atoms with Crippen molar-refractivity contribution in [3.63, 3.8) is 0 Å². The Morgan fingerprint density at radius 3 is 2.55 bits per heavy atom. The van der Waals surface area contributed by atoms with Gasteiger partial charge >= 0.3 is 0 Å². The molecular formula is C20H32. The van der Waals surface area contributed by atoms with Gasteiger partial charge in [-0.2, -0.15) is 0 Å². The minimum Gasteiger partial charge on any atom is -0.0853 e. The summed E-state index contributed by atoms with van der Waals surface area (Å²) in [7, 11) is 0. The molecule has 0 nitrogen and oxygen atoms in total. The summed E-state index contributed by atoms with van der Waals surface area (Å²) in [5.41, 5.74) is 4.53. The average molecular weight is 272 g/mol. The molecular weight excluding hydrogens is 240 g/mol. The van der Waals surface area contributed by atoms with Crippen molar-refractivity contribution in [2.45, 2.75) is 73.1 Å². The van der Waals surface area contributed by atoms with E-state index in [0.717, 1.165) is 17.8 Å². The molecule has 3 aliphatic carbocycles. The van der Waals surface area contributed by atoms with Crippen molar-refractivity contribution >= 4 is 0 Å². The summed E-state index contributed by atoms with van der Waals surface area (Å²) in [6.07, 6.45) is 13.4. The zero-order chi connectivity index (χ0) is 14.5. The minimum absolute atomic E-state index is 0.619. The van der Waals surface area contributed by atoms with Crippen LogP contribution in [0.4, 0.5) is 0 Å². The molecule has 0 radical (unpaired) electrons. The Hall–Kier alpha value is -0.520. The summed E-state index contributed by atoms with van der Waals surface area (Å²) in [5.74, 6) is 2.68. The monoisotopic (exact) mass is 272 g/mol. The molecule has 20 heavy (non-hydrogen) atoms. The van der Waals surface area contributed by atoms with Gasteiger partial charge in [0.25, 0.3) is 0 Å². The van der Waals surface area contributed by atoms with E-state index in [-0.39, 0.29) is 0 Å². The first-order chi connectivity index (χ1) is 9.42. The van der Waals surface area contributed by atoms with E-state index in [2.05, 4.69) is 46.8 Å². The van der Waals surface area contributed by atoms with E-state index in [4.69, 9.17) is 0 Å². The third kappa shape index (κ3) is 1.86.